The number of amides is 3. The van der Waals surface area contributed by atoms with Crippen LogP contribution in [0.4, 0.5) is 0 Å². The van der Waals surface area contributed by atoms with Crippen LogP contribution < -0.4 is 16.0 Å². The second-order valence-corrected chi connectivity index (χ2v) is 12.2. The molecule has 36 heavy (non-hydrogen) atoms. The smallest absolute Gasteiger partial charge is 0.308 e. The monoisotopic (exact) mass is 563 g/mol. The first kappa shape index (κ1) is 32.7. The first-order valence-corrected chi connectivity index (χ1v) is 16.1. The Labute approximate surface area is 226 Å². The van der Waals surface area contributed by atoms with Crippen LogP contribution in [0.25, 0.3) is 0 Å². The molecule has 1 unspecified atom stereocenters. The second kappa shape index (κ2) is 18.8. The zero-order valence-electron chi connectivity index (χ0n) is 21.6. The average molecular weight is 564 g/mol. The number of hydrogen-bond donors (Lipinski definition) is 4. The van der Waals surface area contributed by atoms with Crippen molar-refractivity contribution in [3.05, 3.63) is 12.2 Å². The minimum atomic E-state index is -1.13. The molecule has 0 bridgehead atoms. The predicted octanol–water partition coefficient (Wildman–Crippen LogP) is 2.29. The Kier molecular flexibility index (Phi) is 17.1. The highest BCUT2D eigenvalue weighted by molar-refractivity contribution is 8.76. The van der Waals surface area contributed by atoms with E-state index in [0.29, 0.717) is 37.2 Å². The van der Waals surface area contributed by atoms with E-state index in [1.54, 1.807) is 22.6 Å². The minimum absolute atomic E-state index is 0.117. The van der Waals surface area contributed by atoms with Crippen LogP contribution in [0.1, 0.15) is 52.4 Å². The Bertz CT molecular complexity index is 740. The Morgan fingerprint density at radius 2 is 1.97 bits per heavy atom. The average Bonchev–Trinajstić information content (AvgIpc) is 2.86. The van der Waals surface area contributed by atoms with Gasteiger partial charge in [0, 0.05) is 17.9 Å². The van der Waals surface area contributed by atoms with Crippen LogP contribution in [0.5, 0.6) is 0 Å². The molecule has 9 nitrogen and oxygen atoms in total. The maximum atomic E-state index is 13.3. The highest BCUT2D eigenvalue weighted by atomic mass is 33.1. The molecule has 1 heterocycles. The maximum Gasteiger partial charge on any atom is 0.308 e. The van der Waals surface area contributed by atoms with E-state index in [9.17, 15) is 24.3 Å². The fourth-order valence-electron chi connectivity index (χ4n) is 3.49. The number of carbonyl (C=O) groups excluding carboxylic acids is 4. The van der Waals surface area contributed by atoms with Crippen molar-refractivity contribution in [2.45, 2.75) is 76.6 Å². The lowest BCUT2D eigenvalue weighted by Gasteiger charge is -2.31. The van der Waals surface area contributed by atoms with Crippen molar-refractivity contribution in [1.82, 2.24) is 16.0 Å². The van der Waals surface area contributed by atoms with E-state index in [4.69, 9.17) is 0 Å². The van der Waals surface area contributed by atoms with Crippen molar-refractivity contribution in [2.75, 3.05) is 30.6 Å². The number of esters is 1. The van der Waals surface area contributed by atoms with Gasteiger partial charge in [-0.25, -0.2) is 0 Å². The van der Waals surface area contributed by atoms with Crippen molar-refractivity contribution in [3.8, 4) is 0 Å². The second-order valence-electron chi connectivity index (χ2n) is 8.64. The molecule has 5 atom stereocenters. The fourth-order valence-corrected chi connectivity index (χ4v) is 6.11. The van der Waals surface area contributed by atoms with Gasteiger partial charge in [0.1, 0.15) is 12.1 Å². The van der Waals surface area contributed by atoms with E-state index in [-0.39, 0.29) is 18.2 Å². The summed E-state index contributed by atoms with van der Waals surface area (Å²) in [5, 5.41) is 19.1. The molecular formula is C24H41N3O6S3. The first-order chi connectivity index (χ1) is 17.2. The van der Waals surface area contributed by atoms with Crippen molar-refractivity contribution in [1.29, 1.82) is 0 Å². The number of allylic oxidation sites excluding steroid dienone is 2. The maximum absolute atomic E-state index is 13.3. The number of hydrogen-bond acceptors (Lipinski definition) is 9. The normalized spacial score (nSPS) is 23.6. The van der Waals surface area contributed by atoms with Gasteiger partial charge >= 0.3 is 5.97 Å². The van der Waals surface area contributed by atoms with Crippen LogP contribution in [0.3, 0.4) is 0 Å². The summed E-state index contributed by atoms with van der Waals surface area (Å²) < 4.78 is 4.66. The quantitative estimate of drug-likeness (QED) is 0.179. The summed E-state index contributed by atoms with van der Waals surface area (Å²) in [6.07, 6.45) is 7.42. The molecule has 1 aliphatic heterocycles. The summed E-state index contributed by atoms with van der Waals surface area (Å²) in [6.45, 7) is 3.81. The van der Waals surface area contributed by atoms with Crippen molar-refractivity contribution in [2.24, 2.45) is 5.92 Å². The highest BCUT2D eigenvalue weighted by Crippen LogP contribution is 2.24. The molecule has 4 N–H and O–H groups in total. The SMILES string of the molecule is CC[C@@H](C)C(NC(=O)[C@H]1CSSCC/C=C/CCC(=O)N[C@H](CCSC)C(=O)N1)[C@@H](O)CC(=O)OC. The van der Waals surface area contributed by atoms with E-state index >= 15 is 0 Å². The minimum Gasteiger partial charge on any atom is -0.469 e. The van der Waals surface area contributed by atoms with Crippen LogP contribution in [-0.4, -0.2) is 83.7 Å². The van der Waals surface area contributed by atoms with Gasteiger partial charge in [0.25, 0.3) is 0 Å². The number of ether oxygens (including phenoxy) is 1. The highest BCUT2D eigenvalue weighted by Gasteiger charge is 2.32. The van der Waals surface area contributed by atoms with Gasteiger partial charge in [-0.05, 0) is 37.2 Å². The number of rotatable bonds is 10. The van der Waals surface area contributed by atoms with Crippen LogP contribution in [0.2, 0.25) is 0 Å². The molecule has 0 aromatic heterocycles. The van der Waals surface area contributed by atoms with Gasteiger partial charge in [-0.3, -0.25) is 19.2 Å². The zero-order valence-corrected chi connectivity index (χ0v) is 24.1. The molecule has 1 rings (SSSR count). The van der Waals surface area contributed by atoms with Gasteiger partial charge in [-0.2, -0.15) is 11.8 Å². The number of aliphatic hydroxyl groups is 1. The topological polar surface area (TPSA) is 134 Å². The Hall–Kier alpha value is -1.37. The van der Waals surface area contributed by atoms with E-state index < -0.39 is 42.0 Å². The molecule has 0 radical (unpaired) electrons. The fraction of sp³-hybridized carbons (Fsp3) is 0.750. The Morgan fingerprint density at radius 3 is 2.64 bits per heavy atom. The van der Waals surface area contributed by atoms with Crippen LogP contribution in [0.15, 0.2) is 12.2 Å². The number of nitrogens with one attached hydrogen (secondary N) is 3. The van der Waals surface area contributed by atoms with Gasteiger partial charge < -0.3 is 25.8 Å². The Morgan fingerprint density at radius 1 is 1.25 bits per heavy atom. The molecule has 0 fully saturated rings. The molecule has 3 amide bonds. The summed E-state index contributed by atoms with van der Waals surface area (Å²) in [5.74, 6) is 0.0798. The third-order valence-corrected chi connectivity index (χ3v) is 8.96. The molecule has 0 spiro atoms. The molecular weight excluding hydrogens is 522 g/mol. The molecule has 0 saturated carbocycles. The third-order valence-electron chi connectivity index (χ3n) is 5.87. The number of methoxy groups -OCH3 is 1. The number of carbonyl (C=O) groups is 4. The summed E-state index contributed by atoms with van der Waals surface area (Å²) in [4.78, 5) is 50.6. The van der Waals surface area contributed by atoms with Gasteiger partial charge in [0.15, 0.2) is 0 Å². The molecule has 1 aliphatic rings. The summed E-state index contributed by atoms with van der Waals surface area (Å²) in [5.41, 5.74) is 0. The van der Waals surface area contributed by atoms with Gasteiger partial charge in [0.05, 0.1) is 25.7 Å². The number of thioether (sulfide) groups is 1. The van der Waals surface area contributed by atoms with Crippen LogP contribution in [0, 0.1) is 5.92 Å². The van der Waals surface area contributed by atoms with Crippen molar-refractivity contribution < 1.29 is 29.0 Å². The predicted molar refractivity (Wildman–Crippen MR) is 149 cm³/mol. The lowest BCUT2D eigenvalue weighted by Crippen LogP contribution is -2.58. The third kappa shape index (κ3) is 12.7. The standard InChI is InChI=1S/C24H41N3O6S3/c1-5-16(2)22(19(28)14-21(30)33-3)27-24(32)18-15-36-35-12-9-7-6-8-10-20(29)25-17(11-13-34-4)23(31)26-18/h6-7,16-19,22,28H,5,8-15H2,1-4H3,(H,25,29)(H,26,31)(H,27,32)/b7-6+/t16-,17-,18-,19+,22?/m1/s1. The van der Waals surface area contributed by atoms with Crippen molar-refractivity contribution in [3.63, 3.8) is 0 Å². The zero-order chi connectivity index (χ0) is 26.9. The molecule has 0 saturated heterocycles. The van der Waals surface area contributed by atoms with Crippen molar-refractivity contribution >= 4 is 57.0 Å². The molecule has 0 aliphatic carbocycles. The number of aliphatic hydroxyl groups excluding tert-OH is 1. The molecule has 0 aromatic carbocycles. The van der Waals surface area contributed by atoms with E-state index in [1.807, 2.05) is 32.3 Å². The molecule has 12 heteroatoms. The molecule has 0 aromatic rings. The van der Waals surface area contributed by atoms with Gasteiger partial charge in [-0.1, -0.05) is 54.0 Å². The lowest BCUT2D eigenvalue weighted by atomic mass is 9.92. The first-order valence-electron chi connectivity index (χ1n) is 12.3. The van der Waals surface area contributed by atoms with Crippen LogP contribution >= 0.6 is 33.3 Å². The van der Waals surface area contributed by atoms with Crippen LogP contribution in [-0.2, 0) is 23.9 Å². The largest absolute Gasteiger partial charge is 0.469 e. The van der Waals surface area contributed by atoms with E-state index in [1.165, 1.54) is 17.9 Å². The lowest BCUT2D eigenvalue weighted by molar-refractivity contribution is -0.144. The van der Waals surface area contributed by atoms with Gasteiger partial charge in [-0.15, -0.1) is 0 Å². The van der Waals surface area contributed by atoms with Gasteiger partial charge in [0.2, 0.25) is 17.7 Å². The molecule has 206 valence electrons. The van der Waals surface area contributed by atoms with E-state index in [2.05, 4.69) is 20.7 Å². The Balaban J connectivity index is 3.07. The summed E-state index contributed by atoms with van der Waals surface area (Å²) in [6, 6.07) is -2.31. The van der Waals surface area contributed by atoms with E-state index in [0.717, 1.165) is 12.2 Å². The summed E-state index contributed by atoms with van der Waals surface area (Å²) >= 11 is 1.57. The summed E-state index contributed by atoms with van der Waals surface area (Å²) in [7, 11) is 4.34.